The summed E-state index contributed by atoms with van der Waals surface area (Å²) in [5.41, 5.74) is -0.527. The maximum atomic E-state index is 10.8. The molecular formula is C10H18O4. The molecule has 82 valence electrons. The van der Waals surface area contributed by atoms with Gasteiger partial charge in [-0.05, 0) is 13.3 Å². The van der Waals surface area contributed by atoms with E-state index in [1.165, 1.54) is 13.8 Å². The van der Waals surface area contributed by atoms with E-state index in [4.69, 9.17) is 9.47 Å². The molecule has 0 rings (SSSR count). The molecule has 0 radical (unpaired) electrons. The molecule has 1 atom stereocenters. The van der Waals surface area contributed by atoms with E-state index in [1.54, 1.807) is 0 Å². The SMILES string of the molecule is CCC(C)(CCOC(C)=O)OC(C)=O. The van der Waals surface area contributed by atoms with Crippen molar-refractivity contribution in [2.75, 3.05) is 6.61 Å². The van der Waals surface area contributed by atoms with Crippen LogP contribution in [0.5, 0.6) is 0 Å². The van der Waals surface area contributed by atoms with Crippen molar-refractivity contribution in [3.63, 3.8) is 0 Å². The Balaban J connectivity index is 3.98. The van der Waals surface area contributed by atoms with Gasteiger partial charge in [-0.3, -0.25) is 9.59 Å². The molecule has 0 amide bonds. The minimum atomic E-state index is -0.527. The second-order valence-corrected chi connectivity index (χ2v) is 3.49. The van der Waals surface area contributed by atoms with E-state index < -0.39 is 5.60 Å². The van der Waals surface area contributed by atoms with Crippen LogP contribution in [0.1, 0.15) is 40.5 Å². The van der Waals surface area contributed by atoms with Gasteiger partial charge in [-0.15, -0.1) is 0 Å². The number of hydrogen-bond donors (Lipinski definition) is 0. The zero-order valence-corrected chi connectivity index (χ0v) is 9.25. The van der Waals surface area contributed by atoms with Crippen LogP contribution in [-0.4, -0.2) is 24.1 Å². The fourth-order valence-corrected chi connectivity index (χ4v) is 1.06. The molecule has 0 saturated carbocycles. The monoisotopic (exact) mass is 202 g/mol. The van der Waals surface area contributed by atoms with E-state index in [1.807, 2.05) is 13.8 Å². The van der Waals surface area contributed by atoms with Crippen LogP contribution in [-0.2, 0) is 19.1 Å². The van der Waals surface area contributed by atoms with Crippen LogP contribution in [0.4, 0.5) is 0 Å². The standard InChI is InChI=1S/C10H18O4/c1-5-10(4,14-9(3)12)6-7-13-8(2)11/h5-7H2,1-4H3. The molecule has 0 bridgehead atoms. The third kappa shape index (κ3) is 5.56. The van der Waals surface area contributed by atoms with Gasteiger partial charge >= 0.3 is 11.9 Å². The predicted octanol–water partition coefficient (Wildman–Crippen LogP) is 1.67. The summed E-state index contributed by atoms with van der Waals surface area (Å²) in [5.74, 6) is -0.622. The van der Waals surface area contributed by atoms with Crippen molar-refractivity contribution in [1.29, 1.82) is 0 Å². The first-order valence-electron chi connectivity index (χ1n) is 4.72. The Morgan fingerprint density at radius 3 is 2.14 bits per heavy atom. The van der Waals surface area contributed by atoms with Crippen LogP contribution < -0.4 is 0 Å². The summed E-state index contributed by atoms with van der Waals surface area (Å²) in [5, 5.41) is 0. The molecule has 0 aliphatic rings. The number of rotatable bonds is 5. The summed E-state index contributed by atoms with van der Waals surface area (Å²) >= 11 is 0. The summed E-state index contributed by atoms with van der Waals surface area (Å²) in [6.07, 6.45) is 1.23. The lowest BCUT2D eigenvalue weighted by atomic mass is 9.99. The molecule has 0 N–H and O–H groups in total. The Kier molecular flexibility index (Phi) is 5.20. The normalized spacial score (nSPS) is 14.3. The van der Waals surface area contributed by atoms with E-state index in [0.29, 0.717) is 12.8 Å². The highest BCUT2D eigenvalue weighted by molar-refractivity contribution is 5.66. The van der Waals surface area contributed by atoms with Crippen molar-refractivity contribution in [2.45, 2.75) is 46.1 Å². The Morgan fingerprint density at radius 2 is 1.79 bits per heavy atom. The number of carbonyl (C=O) groups is 2. The van der Waals surface area contributed by atoms with Crippen LogP contribution in [0.2, 0.25) is 0 Å². The van der Waals surface area contributed by atoms with Crippen LogP contribution >= 0.6 is 0 Å². The second kappa shape index (κ2) is 5.62. The van der Waals surface area contributed by atoms with Gasteiger partial charge in [0, 0.05) is 20.3 Å². The van der Waals surface area contributed by atoms with E-state index in [0.717, 1.165) is 0 Å². The molecule has 0 aliphatic heterocycles. The first-order valence-corrected chi connectivity index (χ1v) is 4.72. The van der Waals surface area contributed by atoms with Crippen molar-refractivity contribution in [2.24, 2.45) is 0 Å². The van der Waals surface area contributed by atoms with Crippen molar-refractivity contribution in [3.8, 4) is 0 Å². The Bertz CT molecular complexity index is 212. The van der Waals surface area contributed by atoms with Gasteiger partial charge in [-0.1, -0.05) is 6.92 Å². The van der Waals surface area contributed by atoms with Crippen LogP contribution in [0, 0.1) is 0 Å². The highest BCUT2D eigenvalue weighted by Gasteiger charge is 2.25. The Morgan fingerprint density at radius 1 is 1.21 bits per heavy atom. The van der Waals surface area contributed by atoms with Gasteiger partial charge < -0.3 is 9.47 Å². The molecule has 0 heterocycles. The first kappa shape index (κ1) is 12.9. The van der Waals surface area contributed by atoms with E-state index in [-0.39, 0.29) is 18.5 Å². The van der Waals surface area contributed by atoms with Gasteiger partial charge in [0.25, 0.3) is 0 Å². The summed E-state index contributed by atoms with van der Waals surface area (Å²) in [6, 6.07) is 0. The van der Waals surface area contributed by atoms with Crippen molar-refractivity contribution in [3.05, 3.63) is 0 Å². The summed E-state index contributed by atoms with van der Waals surface area (Å²) in [6.45, 7) is 6.77. The van der Waals surface area contributed by atoms with E-state index >= 15 is 0 Å². The molecule has 0 aromatic carbocycles. The Hall–Kier alpha value is -1.06. The van der Waals surface area contributed by atoms with Crippen LogP contribution in [0.15, 0.2) is 0 Å². The molecule has 4 nitrogen and oxygen atoms in total. The quantitative estimate of drug-likeness (QED) is 0.636. The molecule has 0 aromatic heterocycles. The molecular weight excluding hydrogens is 184 g/mol. The van der Waals surface area contributed by atoms with Crippen molar-refractivity contribution < 1.29 is 19.1 Å². The lowest BCUT2D eigenvalue weighted by Gasteiger charge is -2.27. The second-order valence-electron chi connectivity index (χ2n) is 3.49. The number of ether oxygens (including phenoxy) is 2. The van der Waals surface area contributed by atoms with Crippen LogP contribution in [0.3, 0.4) is 0 Å². The summed E-state index contributed by atoms with van der Waals surface area (Å²) in [4.78, 5) is 21.3. The Labute approximate surface area is 84.6 Å². The highest BCUT2D eigenvalue weighted by Crippen LogP contribution is 2.19. The third-order valence-corrected chi connectivity index (χ3v) is 2.07. The third-order valence-electron chi connectivity index (χ3n) is 2.07. The maximum absolute atomic E-state index is 10.8. The lowest BCUT2D eigenvalue weighted by molar-refractivity contribution is -0.158. The largest absolute Gasteiger partial charge is 0.466 e. The lowest BCUT2D eigenvalue weighted by Crippen LogP contribution is -2.31. The first-order chi connectivity index (χ1) is 6.39. The minimum Gasteiger partial charge on any atom is -0.466 e. The molecule has 0 aromatic rings. The molecule has 0 fully saturated rings. The predicted molar refractivity (Wildman–Crippen MR) is 51.7 cm³/mol. The van der Waals surface area contributed by atoms with Gasteiger partial charge in [0.15, 0.2) is 0 Å². The molecule has 0 aliphatic carbocycles. The topological polar surface area (TPSA) is 52.6 Å². The van der Waals surface area contributed by atoms with Gasteiger partial charge in [0.2, 0.25) is 0 Å². The number of hydrogen-bond acceptors (Lipinski definition) is 4. The van der Waals surface area contributed by atoms with Crippen LogP contribution in [0.25, 0.3) is 0 Å². The number of esters is 2. The summed E-state index contributed by atoms with van der Waals surface area (Å²) in [7, 11) is 0. The average Bonchev–Trinajstić information content (AvgIpc) is 2.02. The molecule has 0 saturated heterocycles. The molecule has 1 unspecified atom stereocenters. The zero-order valence-electron chi connectivity index (χ0n) is 9.25. The average molecular weight is 202 g/mol. The van der Waals surface area contributed by atoms with Gasteiger partial charge in [-0.2, -0.15) is 0 Å². The molecule has 14 heavy (non-hydrogen) atoms. The minimum absolute atomic E-state index is 0.285. The van der Waals surface area contributed by atoms with Gasteiger partial charge in [0.1, 0.15) is 5.60 Å². The maximum Gasteiger partial charge on any atom is 0.303 e. The summed E-state index contributed by atoms with van der Waals surface area (Å²) < 4.78 is 9.93. The van der Waals surface area contributed by atoms with Crippen molar-refractivity contribution in [1.82, 2.24) is 0 Å². The fraction of sp³-hybridized carbons (Fsp3) is 0.800. The molecule has 0 spiro atoms. The van der Waals surface area contributed by atoms with E-state index in [2.05, 4.69) is 0 Å². The highest BCUT2D eigenvalue weighted by atomic mass is 16.6. The van der Waals surface area contributed by atoms with Gasteiger partial charge in [-0.25, -0.2) is 0 Å². The fourth-order valence-electron chi connectivity index (χ4n) is 1.06. The van der Waals surface area contributed by atoms with Crippen molar-refractivity contribution >= 4 is 11.9 Å². The zero-order chi connectivity index (χ0) is 11.2. The van der Waals surface area contributed by atoms with Gasteiger partial charge in [0.05, 0.1) is 6.61 Å². The molecule has 4 heteroatoms. The van der Waals surface area contributed by atoms with E-state index in [9.17, 15) is 9.59 Å². The smallest absolute Gasteiger partial charge is 0.303 e. The number of carbonyl (C=O) groups excluding carboxylic acids is 2.